The molecule has 0 radical (unpaired) electrons. The van der Waals surface area contributed by atoms with E-state index in [2.05, 4.69) is 23.3 Å². The van der Waals surface area contributed by atoms with E-state index in [1.54, 1.807) is 6.07 Å². The zero-order valence-electron chi connectivity index (χ0n) is 12.3. The van der Waals surface area contributed by atoms with Crippen LogP contribution in [0.4, 0.5) is 5.00 Å². The molecule has 21 heavy (non-hydrogen) atoms. The molecule has 0 bridgehead atoms. The van der Waals surface area contributed by atoms with E-state index < -0.39 is 0 Å². The van der Waals surface area contributed by atoms with Crippen LogP contribution in [0, 0.1) is 17.2 Å². The molecule has 5 nitrogen and oxygen atoms in total. The molecule has 2 atom stereocenters. The Bertz CT molecular complexity index is 522. The van der Waals surface area contributed by atoms with Crippen LogP contribution in [0.15, 0.2) is 11.4 Å². The van der Waals surface area contributed by atoms with E-state index in [4.69, 9.17) is 11.0 Å². The third-order valence-electron chi connectivity index (χ3n) is 4.22. The number of hydrogen-bond acceptors (Lipinski definition) is 5. The number of nitrogens with zero attached hydrogens (tertiary/aromatic N) is 2. The third kappa shape index (κ3) is 4.03. The van der Waals surface area contributed by atoms with Crippen LogP contribution < -0.4 is 11.1 Å². The molecular formula is C15H22N4OS. The van der Waals surface area contributed by atoms with Gasteiger partial charge in [-0.15, -0.1) is 11.3 Å². The number of carbonyl (C=O) groups excluding carboxylic acids is 1. The zero-order valence-corrected chi connectivity index (χ0v) is 13.2. The molecule has 0 aromatic carbocycles. The SMILES string of the molecule is CN(CCC(=O)Nc1sccc1C#N)C1CCCC1CN. The second kappa shape index (κ2) is 7.55. The van der Waals surface area contributed by atoms with Crippen molar-refractivity contribution >= 4 is 22.2 Å². The molecule has 3 N–H and O–H groups in total. The van der Waals surface area contributed by atoms with Gasteiger partial charge < -0.3 is 16.0 Å². The third-order valence-corrected chi connectivity index (χ3v) is 5.05. The maximum Gasteiger partial charge on any atom is 0.226 e. The highest BCUT2D eigenvalue weighted by Crippen LogP contribution is 2.28. The molecule has 1 saturated carbocycles. The van der Waals surface area contributed by atoms with Gasteiger partial charge in [-0.2, -0.15) is 5.26 Å². The van der Waals surface area contributed by atoms with Crippen LogP contribution in [0.2, 0.25) is 0 Å². The number of amides is 1. The lowest BCUT2D eigenvalue weighted by atomic mass is 10.0. The van der Waals surface area contributed by atoms with Crippen LogP contribution in [-0.4, -0.2) is 37.0 Å². The number of hydrogen-bond donors (Lipinski definition) is 2. The second-order valence-corrected chi connectivity index (χ2v) is 6.46. The maximum atomic E-state index is 12.0. The van der Waals surface area contributed by atoms with Gasteiger partial charge in [0.15, 0.2) is 0 Å². The Labute approximate surface area is 129 Å². The van der Waals surface area contributed by atoms with Crippen molar-refractivity contribution in [2.75, 3.05) is 25.5 Å². The highest BCUT2D eigenvalue weighted by atomic mass is 32.1. The predicted molar refractivity (Wildman–Crippen MR) is 85.1 cm³/mol. The summed E-state index contributed by atoms with van der Waals surface area (Å²) in [5, 5.41) is 14.2. The first kappa shape index (κ1) is 16.0. The fraction of sp³-hybridized carbons (Fsp3) is 0.600. The van der Waals surface area contributed by atoms with Crippen LogP contribution in [0.5, 0.6) is 0 Å². The summed E-state index contributed by atoms with van der Waals surface area (Å²) in [6.07, 6.45) is 4.03. The standard InChI is InChI=1S/C15H22N4OS/c1-19(13-4-2-3-11(13)9-16)7-5-14(20)18-15-12(10-17)6-8-21-15/h6,8,11,13H,2-5,7,9,16H2,1H3,(H,18,20). The van der Waals surface area contributed by atoms with E-state index in [0.29, 0.717) is 28.9 Å². The van der Waals surface area contributed by atoms with Gasteiger partial charge in [-0.3, -0.25) is 4.79 Å². The van der Waals surface area contributed by atoms with Crippen molar-refractivity contribution in [2.24, 2.45) is 11.7 Å². The summed E-state index contributed by atoms with van der Waals surface area (Å²) in [5.74, 6) is 0.517. The summed E-state index contributed by atoms with van der Waals surface area (Å²) in [6, 6.07) is 4.29. The van der Waals surface area contributed by atoms with Crippen molar-refractivity contribution in [1.29, 1.82) is 5.26 Å². The van der Waals surface area contributed by atoms with Crippen molar-refractivity contribution in [3.05, 3.63) is 17.0 Å². The molecule has 1 aliphatic carbocycles. The largest absolute Gasteiger partial charge is 0.330 e. The fourth-order valence-electron chi connectivity index (χ4n) is 3.00. The molecule has 1 aliphatic rings. The van der Waals surface area contributed by atoms with Crippen LogP contribution in [-0.2, 0) is 4.79 Å². The first-order valence-corrected chi connectivity index (χ1v) is 8.21. The van der Waals surface area contributed by atoms with Gasteiger partial charge in [0, 0.05) is 19.0 Å². The molecule has 0 saturated heterocycles. The Morgan fingerprint density at radius 2 is 2.43 bits per heavy atom. The minimum atomic E-state index is -0.0388. The van der Waals surface area contributed by atoms with Gasteiger partial charge in [0.05, 0.1) is 5.56 Å². The molecule has 1 fully saturated rings. The first-order valence-electron chi connectivity index (χ1n) is 7.33. The number of nitriles is 1. The van der Waals surface area contributed by atoms with Crippen molar-refractivity contribution in [2.45, 2.75) is 31.7 Å². The number of carbonyl (C=O) groups is 1. The Morgan fingerprint density at radius 3 is 3.14 bits per heavy atom. The van der Waals surface area contributed by atoms with Crippen LogP contribution in [0.1, 0.15) is 31.2 Å². The lowest BCUT2D eigenvalue weighted by Crippen LogP contribution is -2.39. The summed E-state index contributed by atoms with van der Waals surface area (Å²) >= 11 is 1.38. The predicted octanol–water partition coefficient (Wildman–Crippen LogP) is 2.01. The number of nitrogens with two attached hydrogens (primary N) is 1. The van der Waals surface area contributed by atoms with Gasteiger partial charge in [-0.05, 0) is 43.8 Å². The average molecular weight is 306 g/mol. The highest BCUT2D eigenvalue weighted by Gasteiger charge is 2.29. The quantitative estimate of drug-likeness (QED) is 0.842. The van der Waals surface area contributed by atoms with Gasteiger partial charge in [0.25, 0.3) is 0 Å². The molecule has 1 heterocycles. The lowest BCUT2D eigenvalue weighted by Gasteiger charge is -2.28. The van der Waals surface area contributed by atoms with Gasteiger partial charge >= 0.3 is 0 Å². The highest BCUT2D eigenvalue weighted by molar-refractivity contribution is 7.14. The zero-order chi connectivity index (χ0) is 15.2. The number of nitrogens with one attached hydrogen (secondary N) is 1. The minimum absolute atomic E-state index is 0.0388. The molecule has 2 rings (SSSR count). The Kier molecular flexibility index (Phi) is 5.74. The second-order valence-electron chi connectivity index (χ2n) is 5.55. The molecule has 0 aliphatic heterocycles. The molecular weight excluding hydrogens is 284 g/mol. The van der Waals surface area contributed by atoms with Crippen LogP contribution in [0.25, 0.3) is 0 Å². The van der Waals surface area contributed by atoms with Gasteiger partial charge in [-0.1, -0.05) is 6.42 Å². The van der Waals surface area contributed by atoms with Gasteiger partial charge in [0.2, 0.25) is 5.91 Å². The lowest BCUT2D eigenvalue weighted by molar-refractivity contribution is -0.116. The summed E-state index contributed by atoms with van der Waals surface area (Å²) < 4.78 is 0. The molecule has 2 unspecified atom stereocenters. The molecule has 6 heteroatoms. The van der Waals surface area contributed by atoms with Crippen molar-refractivity contribution < 1.29 is 4.79 Å². The summed E-state index contributed by atoms with van der Waals surface area (Å²) in [6.45, 7) is 1.45. The Hall–Kier alpha value is -1.42. The monoisotopic (exact) mass is 306 g/mol. The minimum Gasteiger partial charge on any atom is -0.330 e. The van der Waals surface area contributed by atoms with E-state index in [-0.39, 0.29) is 5.91 Å². The Balaban J connectivity index is 1.80. The van der Waals surface area contributed by atoms with Crippen molar-refractivity contribution in [3.8, 4) is 6.07 Å². The molecule has 1 amide bonds. The van der Waals surface area contributed by atoms with E-state index in [1.807, 2.05) is 5.38 Å². The average Bonchev–Trinajstić information content (AvgIpc) is 3.12. The number of anilines is 1. The number of thiophene rings is 1. The van der Waals surface area contributed by atoms with E-state index in [0.717, 1.165) is 13.1 Å². The van der Waals surface area contributed by atoms with Crippen LogP contribution in [0.3, 0.4) is 0 Å². The smallest absolute Gasteiger partial charge is 0.226 e. The van der Waals surface area contributed by atoms with Gasteiger partial charge in [0.1, 0.15) is 11.1 Å². The van der Waals surface area contributed by atoms with Crippen molar-refractivity contribution in [1.82, 2.24) is 4.90 Å². The van der Waals surface area contributed by atoms with E-state index in [9.17, 15) is 4.79 Å². The van der Waals surface area contributed by atoms with Gasteiger partial charge in [-0.25, -0.2) is 0 Å². The topological polar surface area (TPSA) is 82.2 Å². The molecule has 1 aromatic rings. The normalized spacial score (nSPS) is 21.4. The van der Waals surface area contributed by atoms with Crippen molar-refractivity contribution in [3.63, 3.8) is 0 Å². The summed E-state index contributed by atoms with van der Waals surface area (Å²) in [7, 11) is 2.07. The first-order chi connectivity index (χ1) is 10.2. The molecule has 114 valence electrons. The number of rotatable bonds is 6. The van der Waals surface area contributed by atoms with E-state index in [1.165, 1.54) is 30.6 Å². The fourth-order valence-corrected chi connectivity index (χ4v) is 3.75. The molecule has 1 aromatic heterocycles. The maximum absolute atomic E-state index is 12.0. The summed E-state index contributed by atoms with van der Waals surface area (Å²) in [5.41, 5.74) is 6.33. The Morgan fingerprint density at radius 1 is 1.62 bits per heavy atom. The summed E-state index contributed by atoms with van der Waals surface area (Å²) in [4.78, 5) is 14.2. The molecule has 0 spiro atoms. The van der Waals surface area contributed by atoms with E-state index >= 15 is 0 Å². The van der Waals surface area contributed by atoms with Crippen LogP contribution >= 0.6 is 11.3 Å².